The second-order valence-corrected chi connectivity index (χ2v) is 8.69. The lowest BCUT2D eigenvalue weighted by molar-refractivity contribution is 0.111. The Balaban J connectivity index is 0.00000341. The number of benzene rings is 1. The molecule has 2 N–H and O–H groups in total. The van der Waals surface area contributed by atoms with Gasteiger partial charge in [-0.1, -0.05) is 38.1 Å². The van der Waals surface area contributed by atoms with Crippen molar-refractivity contribution in [1.82, 2.24) is 20.0 Å². The van der Waals surface area contributed by atoms with Crippen LogP contribution in [0.1, 0.15) is 38.3 Å². The number of nitrogens with zero attached hydrogens (tertiary/aromatic N) is 4. The fourth-order valence-electron chi connectivity index (χ4n) is 4.70. The molecule has 0 spiro atoms. The number of halogens is 1. The molecule has 0 radical (unpaired) electrons. The van der Waals surface area contributed by atoms with Crippen molar-refractivity contribution >= 4 is 29.9 Å². The quantitative estimate of drug-likeness (QED) is 0.285. The topological polar surface area (TPSA) is 54.3 Å². The number of fused-ring (bicyclic) bond motifs is 1. The molecule has 0 aliphatic carbocycles. The zero-order chi connectivity index (χ0) is 21.3. The van der Waals surface area contributed by atoms with Crippen molar-refractivity contribution in [3.63, 3.8) is 0 Å². The summed E-state index contributed by atoms with van der Waals surface area (Å²) >= 11 is 0. The maximum Gasteiger partial charge on any atom is 0.194 e. The molecule has 0 aromatic heterocycles. The average molecular weight is 544 g/mol. The van der Waals surface area contributed by atoms with Gasteiger partial charge in [-0.3, -0.25) is 9.89 Å². The summed E-state index contributed by atoms with van der Waals surface area (Å²) < 4.78 is 0. The normalized spacial score (nSPS) is 20.5. The Kier molecular flexibility index (Phi) is 11.6. The molecule has 2 aliphatic heterocycles. The van der Waals surface area contributed by atoms with E-state index in [2.05, 4.69) is 65.1 Å². The molecule has 1 saturated heterocycles. The highest BCUT2D eigenvalue weighted by Crippen LogP contribution is 2.19. The van der Waals surface area contributed by atoms with E-state index in [1.165, 1.54) is 24.1 Å². The van der Waals surface area contributed by atoms with Gasteiger partial charge in [0.15, 0.2) is 5.96 Å². The van der Waals surface area contributed by atoms with Gasteiger partial charge in [0.1, 0.15) is 0 Å². The molecule has 1 aromatic carbocycles. The van der Waals surface area contributed by atoms with Crippen LogP contribution in [0.4, 0.5) is 0 Å². The van der Waals surface area contributed by atoms with Crippen molar-refractivity contribution in [2.24, 2.45) is 10.9 Å². The highest BCUT2D eigenvalue weighted by molar-refractivity contribution is 14.0. The van der Waals surface area contributed by atoms with Crippen LogP contribution in [0, 0.1) is 5.92 Å². The predicted molar refractivity (Wildman–Crippen MR) is 140 cm³/mol. The van der Waals surface area contributed by atoms with Gasteiger partial charge in [-0.05, 0) is 49.9 Å². The number of aliphatic imine (C=N–C) groups is 1. The summed E-state index contributed by atoms with van der Waals surface area (Å²) in [6.07, 6.45) is 1.85. The molecule has 7 heteroatoms. The van der Waals surface area contributed by atoms with E-state index in [9.17, 15) is 5.11 Å². The Morgan fingerprint density at radius 2 is 1.94 bits per heavy atom. The van der Waals surface area contributed by atoms with Crippen LogP contribution in [-0.2, 0) is 13.0 Å². The van der Waals surface area contributed by atoms with Gasteiger partial charge in [0.05, 0.1) is 12.6 Å². The van der Waals surface area contributed by atoms with Crippen LogP contribution in [0.5, 0.6) is 0 Å². The number of aliphatic hydroxyl groups excluding tert-OH is 1. The summed E-state index contributed by atoms with van der Waals surface area (Å²) in [4.78, 5) is 12.0. The molecule has 31 heavy (non-hydrogen) atoms. The number of guanidine groups is 1. The lowest BCUT2D eigenvalue weighted by Gasteiger charge is -2.30. The molecule has 1 aromatic rings. The molecule has 176 valence electrons. The van der Waals surface area contributed by atoms with Gasteiger partial charge < -0.3 is 20.2 Å². The Morgan fingerprint density at radius 1 is 1.19 bits per heavy atom. The van der Waals surface area contributed by atoms with Crippen molar-refractivity contribution in [2.45, 2.75) is 46.3 Å². The number of aliphatic hydroxyl groups is 1. The number of rotatable bonds is 9. The van der Waals surface area contributed by atoms with E-state index < -0.39 is 6.10 Å². The number of likely N-dealkylation sites (tertiary alicyclic amines) is 1. The largest absolute Gasteiger partial charge is 0.390 e. The van der Waals surface area contributed by atoms with Gasteiger partial charge in [-0.25, -0.2) is 0 Å². The second kappa shape index (κ2) is 13.6. The van der Waals surface area contributed by atoms with Gasteiger partial charge in [0.25, 0.3) is 0 Å². The highest BCUT2D eigenvalue weighted by atomic mass is 127. The van der Waals surface area contributed by atoms with Crippen molar-refractivity contribution in [3.8, 4) is 0 Å². The number of β-amino-alcohol motifs (C(OH)–C–C–N with tert-alkyl or cyclic N) is 1. The van der Waals surface area contributed by atoms with Crippen LogP contribution >= 0.6 is 24.0 Å². The average Bonchev–Trinajstić information content (AvgIpc) is 3.23. The van der Waals surface area contributed by atoms with Crippen LogP contribution in [0.3, 0.4) is 0 Å². The van der Waals surface area contributed by atoms with E-state index in [0.29, 0.717) is 19.0 Å². The van der Waals surface area contributed by atoms with Crippen LogP contribution in [0.25, 0.3) is 0 Å². The van der Waals surface area contributed by atoms with Crippen LogP contribution in [-0.4, -0.2) is 90.8 Å². The lowest BCUT2D eigenvalue weighted by atomic mass is 10.00. The van der Waals surface area contributed by atoms with Crippen molar-refractivity contribution in [3.05, 3.63) is 35.4 Å². The Bertz CT molecular complexity index is 682. The van der Waals surface area contributed by atoms with E-state index in [4.69, 9.17) is 4.99 Å². The third-order valence-electron chi connectivity index (χ3n) is 6.46. The van der Waals surface area contributed by atoms with Gasteiger partial charge in [0.2, 0.25) is 0 Å². The summed E-state index contributed by atoms with van der Waals surface area (Å²) in [6, 6.07) is 8.65. The minimum Gasteiger partial charge on any atom is -0.390 e. The maximum absolute atomic E-state index is 10.6. The Morgan fingerprint density at radius 3 is 2.65 bits per heavy atom. The van der Waals surface area contributed by atoms with E-state index in [-0.39, 0.29) is 24.0 Å². The van der Waals surface area contributed by atoms with Gasteiger partial charge in [-0.15, -0.1) is 24.0 Å². The van der Waals surface area contributed by atoms with E-state index >= 15 is 0 Å². The number of hydrogen-bond acceptors (Lipinski definition) is 4. The summed E-state index contributed by atoms with van der Waals surface area (Å²) in [7, 11) is 0. The number of hydrogen-bond donors (Lipinski definition) is 2. The molecule has 2 heterocycles. The van der Waals surface area contributed by atoms with Crippen LogP contribution in [0.15, 0.2) is 29.3 Å². The van der Waals surface area contributed by atoms with E-state index in [1.54, 1.807) is 0 Å². The van der Waals surface area contributed by atoms with Crippen LogP contribution in [0.2, 0.25) is 0 Å². The van der Waals surface area contributed by atoms with Gasteiger partial charge in [-0.2, -0.15) is 0 Å². The first-order valence-corrected chi connectivity index (χ1v) is 11.9. The predicted octanol–water partition coefficient (Wildman–Crippen LogP) is 2.65. The third-order valence-corrected chi connectivity index (χ3v) is 6.46. The zero-order valence-corrected chi connectivity index (χ0v) is 21.9. The first-order chi connectivity index (χ1) is 14.6. The van der Waals surface area contributed by atoms with E-state index in [0.717, 1.165) is 58.2 Å². The fourth-order valence-corrected chi connectivity index (χ4v) is 4.70. The Labute approximate surface area is 206 Å². The first kappa shape index (κ1) is 26.4. The van der Waals surface area contributed by atoms with Crippen molar-refractivity contribution in [1.29, 1.82) is 0 Å². The van der Waals surface area contributed by atoms with Gasteiger partial charge in [0, 0.05) is 45.8 Å². The maximum atomic E-state index is 10.6. The van der Waals surface area contributed by atoms with E-state index in [1.807, 2.05) is 0 Å². The third kappa shape index (κ3) is 7.87. The van der Waals surface area contributed by atoms with Crippen molar-refractivity contribution < 1.29 is 5.11 Å². The standard InChI is InChI=1S/C24H41N5O.HI/c1-4-25-24(29-14-11-20(17-29)16-27(5-2)6-3)26-15-23(30)19-28-13-12-21-9-7-8-10-22(21)18-28;/h7-10,20,23,30H,4-6,11-19H2,1-3H3,(H,25,26);1H. The molecule has 6 nitrogen and oxygen atoms in total. The molecule has 2 atom stereocenters. The summed E-state index contributed by atoms with van der Waals surface area (Å²) in [5, 5.41) is 14.1. The smallest absolute Gasteiger partial charge is 0.194 e. The minimum atomic E-state index is -0.432. The van der Waals surface area contributed by atoms with Crippen molar-refractivity contribution in [2.75, 3.05) is 58.9 Å². The number of nitrogens with one attached hydrogen (secondary N) is 1. The molecule has 0 bridgehead atoms. The summed E-state index contributed by atoms with van der Waals surface area (Å²) in [6.45, 7) is 16.0. The van der Waals surface area contributed by atoms with Crippen LogP contribution < -0.4 is 5.32 Å². The first-order valence-electron chi connectivity index (χ1n) is 11.9. The molecular formula is C24H42IN5O. The summed E-state index contributed by atoms with van der Waals surface area (Å²) in [5.74, 6) is 1.66. The summed E-state index contributed by atoms with van der Waals surface area (Å²) in [5.41, 5.74) is 2.84. The second-order valence-electron chi connectivity index (χ2n) is 8.69. The molecular weight excluding hydrogens is 501 g/mol. The molecule has 0 saturated carbocycles. The Hall–Kier alpha value is -0.900. The molecule has 2 aliphatic rings. The minimum absolute atomic E-state index is 0. The SMILES string of the molecule is CCNC(=NCC(O)CN1CCc2ccccc2C1)N1CCC(CN(CC)CC)C1.I. The lowest BCUT2D eigenvalue weighted by Crippen LogP contribution is -2.42. The fraction of sp³-hybridized carbons (Fsp3) is 0.708. The monoisotopic (exact) mass is 543 g/mol. The molecule has 2 unspecified atom stereocenters. The molecule has 3 rings (SSSR count). The highest BCUT2D eigenvalue weighted by Gasteiger charge is 2.26. The zero-order valence-electron chi connectivity index (χ0n) is 19.6. The molecule has 0 amide bonds. The van der Waals surface area contributed by atoms with Gasteiger partial charge >= 0.3 is 0 Å². The molecule has 1 fully saturated rings.